The highest BCUT2D eigenvalue weighted by Gasteiger charge is 2.29. The van der Waals surface area contributed by atoms with Gasteiger partial charge in [0.25, 0.3) is 18.1 Å². The molecule has 0 saturated heterocycles. The van der Waals surface area contributed by atoms with Crippen LogP contribution in [0.2, 0.25) is 0 Å². The molecular weight excluding hydrogens is 463 g/mol. The van der Waals surface area contributed by atoms with Gasteiger partial charge < -0.3 is 14.2 Å². The molecule has 0 spiro atoms. The van der Waals surface area contributed by atoms with Crippen molar-refractivity contribution in [2.24, 2.45) is 0 Å². The largest absolute Gasteiger partial charge is 0.495 e. The average Bonchev–Trinajstić information content (AvgIpc) is 2.63. The molecule has 3 aromatic carbocycles. The Kier molecular flexibility index (Phi) is 5.79. The van der Waals surface area contributed by atoms with Crippen LogP contribution in [-0.2, 0) is 18.1 Å². The summed E-state index contributed by atoms with van der Waals surface area (Å²) in [5, 5.41) is 0.833. The van der Waals surface area contributed by atoms with E-state index in [9.17, 15) is 16.8 Å². The SMILES string of the molecule is CCOc1ccc2c(OC)c3cccc(S(=O)(=O)Cl)c3c(OC)c2c1S(=O)(=O)Cl. The fourth-order valence-electron chi connectivity index (χ4n) is 3.34. The molecule has 0 aliphatic carbocycles. The van der Waals surface area contributed by atoms with Crippen LogP contribution >= 0.6 is 21.4 Å². The number of rotatable bonds is 6. The number of hydrogen-bond donors (Lipinski definition) is 0. The van der Waals surface area contributed by atoms with Gasteiger partial charge in [0.15, 0.2) is 0 Å². The molecule has 0 fully saturated rings. The minimum atomic E-state index is -4.33. The Labute approximate surface area is 176 Å². The highest BCUT2D eigenvalue weighted by atomic mass is 35.7. The van der Waals surface area contributed by atoms with Crippen LogP contribution in [0.5, 0.6) is 17.2 Å². The second kappa shape index (κ2) is 7.71. The van der Waals surface area contributed by atoms with E-state index in [2.05, 4.69) is 0 Å². The highest BCUT2D eigenvalue weighted by molar-refractivity contribution is 8.14. The topological polar surface area (TPSA) is 96.0 Å². The smallest absolute Gasteiger partial charge is 0.265 e. The summed E-state index contributed by atoms with van der Waals surface area (Å²) in [7, 11) is 5.51. The Morgan fingerprint density at radius 2 is 1.45 bits per heavy atom. The van der Waals surface area contributed by atoms with E-state index in [4.69, 9.17) is 35.6 Å². The summed E-state index contributed by atoms with van der Waals surface area (Å²) in [6.45, 7) is 1.87. The molecule has 156 valence electrons. The van der Waals surface area contributed by atoms with E-state index in [-0.39, 0.29) is 44.4 Å². The Hall–Kier alpha value is -1.94. The molecule has 0 bridgehead atoms. The summed E-state index contributed by atoms with van der Waals surface area (Å²) >= 11 is 0. The Morgan fingerprint density at radius 3 is 1.97 bits per heavy atom. The molecular formula is C18H16Cl2O7S2. The van der Waals surface area contributed by atoms with Crippen molar-refractivity contribution in [2.45, 2.75) is 16.7 Å². The van der Waals surface area contributed by atoms with Crippen molar-refractivity contribution < 1.29 is 31.0 Å². The van der Waals surface area contributed by atoms with Gasteiger partial charge >= 0.3 is 0 Å². The normalized spacial score (nSPS) is 12.3. The number of hydrogen-bond acceptors (Lipinski definition) is 7. The molecule has 0 aliphatic heterocycles. The molecule has 0 N–H and O–H groups in total. The van der Waals surface area contributed by atoms with Crippen molar-refractivity contribution >= 4 is 61.0 Å². The number of halogens is 2. The van der Waals surface area contributed by atoms with Crippen LogP contribution in [0, 0.1) is 0 Å². The van der Waals surface area contributed by atoms with Crippen LogP contribution < -0.4 is 14.2 Å². The minimum Gasteiger partial charge on any atom is -0.495 e. The van der Waals surface area contributed by atoms with E-state index >= 15 is 0 Å². The fourth-order valence-corrected chi connectivity index (χ4v) is 5.69. The summed E-state index contributed by atoms with van der Waals surface area (Å²) < 4.78 is 65.8. The molecule has 29 heavy (non-hydrogen) atoms. The highest BCUT2D eigenvalue weighted by Crippen LogP contribution is 2.50. The maximum absolute atomic E-state index is 12.5. The predicted molar refractivity (Wildman–Crippen MR) is 112 cm³/mol. The maximum atomic E-state index is 12.5. The zero-order valence-corrected chi connectivity index (χ0v) is 18.7. The average molecular weight is 479 g/mol. The van der Waals surface area contributed by atoms with E-state index in [0.717, 1.165) is 0 Å². The summed E-state index contributed by atoms with van der Waals surface area (Å²) in [6.07, 6.45) is 0. The van der Waals surface area contributed by atoms with E-state index in [1.165, 1.54) is 32.4 Å². The van der Waals surface area contributed by atoms with Gasteiger partial charge in [-0.3, -0.25) is 0 Å². The third-order valence-electron chi connectivity index (χ3n) is 4.31. The van der Waals surface area contributed by atoms with Gasteiger partial charge in [-0.25, -0.2) is 16.8 Å². The molecule has 11 heteroatoms. The lowest BCUT2D eigenvalue weighted by molar-refractivity contribution is 0.332. The third kappa shape index (κ3) is 3.68. The molecule has 0 heterocycles. The van der Waals surface area contributed by atoms with E-state index < -0.39 is 18.1 Å². The molecule has 3 aromatic rings. The predicted octanol–water partition coefficient (Wildman–Crippen LogP) is 4.26. The van der Waals surface area contributed by atoms with Gasteiger partial charge in [-0.1, -0.05) is 12.1 Å². The van der Waals surface area contributed by atoms with Gasteiger partial charge in [0.2, 0.25) is 0 Å². The minimum absolute atomic E-state index is 0.000847. The summed E-state index contributed by atoms with van der Waals surface area (Å²) in [5.41, 5.74) is 0. The molecule has 0 radical (unpaired) electrons. The van der Waals surface area contributed by atoms with E-state index in [1.54, 1.807) is 19.1 Å². The van der Waals surface area contributed by atoms with Crippen molar-refractivity contribution in [1.82, 2.24) is 0 Å². The molecule has 7 nitrogen and oxygen atoms in total. The van der Waals surface area contributed by atoms with Gasteiger partial charge in [-0.15, -0.1) is 0 Å². The van der Waals surface area contributed by atoms with Gasteiger partial charge in [0.1, 0.15) is 22.1 Å². The lowest BCUT2D eigenvalue weighted by Crippen LogP contribution is -2.04. The molecule has 0 amide bonds. The zero-order chi connectivity index (χ0) is 21.6. The Bertz CT molecular complexity index is 1330. The molecule has 0 aromatic heterocycles. The number of benzene rings is 3. The first-order valence-corrected chi connectivity index (χ1v) is 12.8. The maximum Gasteiger partial charge on any atom is 0.265 e. The third-order valence-corrected chi connectivity index (χ3v) is 7.03. The van der Waals surface area contributed by atoms with E-state index in [0.29, 0.717) is 10.8 Å². The molecule has 0 atom stereocenters. The summed E-state index contributed by atoms with van der Waals surface area (Å²) in [4.78, 5) is -0.606. The number of fused-ring (bicyclic) bond motifs is 2. The lowest BCUT2D eigenvalue weighted by Gasteiger charge is -2.19. The first-order chi connectivity index (χ1) is 13.6. The number of methoxy groups -OCH3 is 2. The number of ether oxygens (including phenoxy) is 3. The second-order valence-electron chi connectivity index (χ2n) is 5.87. The van der Waals surface area contributed by atoms with Gasteiger partial charge in [-0.2, -0.15) is 0 Å². The second-order valence-corrected chi connectivity index (χ2v) is 10.9. The fraction of sp³-hybridized carbons (Fsp3) is 0.222. The van der Waals surface area contributed by atoms with Gasteiger partial charge in [0.05, 0.1) is 31.1 Å². The van der Waals surface area contributed by atoms with Crippen molar-refractivity contribution in [1.29, 1.82) is 0 Å². The first-order valence-electron chi connectivity index (χ1n) is 8.21. The molecule has 0 aliphatic rings. The van der Waals surface area contributed by atoms with Crippen LogP contribution in [0.4, 0.5) is 0 Å². The molecule has 0 unspecified atom stereocenters. The van der Waals surface area contributed by atoms with Crippen molar-refractivity contribution in [3.05, 3.63) is 30.3 Å². The van der Waals surface area contributed by atoms with Crippen LogP contribution in [-0.4, -0.2) is 37.7 Å². The zero-order valence-electron chi connectivity index (χ0n) is 15.5. The lowest BCUT2D eigenvalue weighted by atomic mass is 10.00. The van der Waals surface area contributed by atoms with Crippen LogP contribution in [0.25, 0.3) is 21.5 Å². The van der Waals surface area contributed by atoms with Crippen LogP contribution in [0.15, 0.2) is 40.1 Å². The summed E-state index contributed by atoms with van der Waals surface area (Å²) in [6, 6.07) is 7.46. The van der Waals surface area contributed by atoms with Crippen LogP contribution in [0.1, 0.15) is 6.92 Å². The molecule has 3 rings (SSSR count). The molecule has 0 saturated carbocycles. The van der Waals surface area contributed by atoms with Gasteiger partial charge in [0, 0.05) is 37.5 Å². The van der Waals surface area contributed by atoms with Crippen molar-refractivity contribution in [3.63, 3.8) is 0 Å². The Morgan fingerprint density at radius 1 is 0.828 bits per heavy atom. The summed E-state index contributed by atoms with van der Waals surface area (Å²) in [5.74, 6) is 0.208. The first kappa shape index (κ1) is 21.8. The van der Waals surface area contributed by atoms with E-state index in [1.807, 2.05) is 0 Å². The van der Waals surface area contributed by atoms with Crippen molar-refractivity contribution in [2.75, 3.05) is 20.8 Å². The van der Waals surface area contributed by atoms with Crippen LogP contribution in [0.3, 0.4) is 0 Å². The van der Waals surface area contributed by atoms with Crippen molar-refractivity contribution in [3.8, 4) is 17.2 Å². The Balaban J connectivity index is 2.78. The monoisotopic (exact) mass is 478 g/mol. The standard InChI is InChI=1S/C18H16Cl2O7S2/c1-4-27-12-9-8-11-15(18(12)29(20,23)24)17(26-3)14-10(16(11)25-2)6-5-7-13(14)28(19,21)22/h5-9H,4H2,1-3H3. The quantitative estimate of drug-likeness (QED) is 0.385. The van der Waals surface area contributed by atoms with Gasteiger partial charge in [-0.05, 0) is 25.1 Å².